The summed E-state index contributed by atoms with van der Waals surface area (Å²) < 4.78 is 0. The van der Waals surface area contributed by atoms with Gasteiger partial charge in [-0.1, -0.05) is 26.0 Å². The summed E-state index contributed by atoms with van der Waals surface area (Å²) in [5.74, 6) is 0.490. The van der Waals surface area contributed by atoms with Crippen LogP contribution in [0.5, 0.6) is 0 Å². The molecule has 0 aliphatic carbocycles. The molecule has 4 heteroatoms. The monoisotopic (exact) mass is 257 g/mol. The van der Waals surface area contributed by atoms with Crippen LogP contribution in [-0.2, 0) is 12.8 Å². The molecule has 0 unspecified atom stereocenters. The zero-order chi connectivity index (χ0) is 13.8. The topological polar surface area (TPSA) is 57.8 Å². The van der Waals surface area contributed by atoms with E-state index in [1.807, 2.05) is 26.0 Å². The van der Waals surface area contributed by atoms with Crippen molar-refractivity contribution in [3.63, 3.8) is 0 Å². The molecule has 0 bridgehead atoms. The van der Waals surface area contributed by atoms with Crippen molar-refractivity contribution in [3.05, 3.63) is 51.4 Å². The molecule has 0 aliphatic heterocycles. The van der Waals surface area contributed by atoms with Gasteiger partial charge in [0.2, 0.25) is 5.95 Å². The van der Waals surface area contributed by atoms with Crippen LogP contribution < -0.4 is 10.9 Å². The minimum absolute atomic E-state index is 0.0670. The number of aromatic amines is 1. The van der Waals surface area contributed by atoms with Gasteiger partial charge in [0.15, 0.2) is 0 Å². The Morgan fingerprint density at radius 1 is 1.16 bits per heavy atom. The van der Waals surface area contributed by atoms with Gasteiger partial charge in [0.1, 0.15) is 0 Å². The second-order valence-electron chi connectivity index (χ2n) is 4.51. The fraction of sp³-hybridized carbons (Fsp3) is 0.333. The van der Waals surface area contributed by atoms with Crippen LogP contribution in [0, 0.1) is 6.92 Å². The van der Waals surface area contributed by atoms with E-state index in [-0.39, 0.29) is 5.56 Å². The maximum atomic E-state index is 11.8. The third kappa shape index (κ3) is 3.02. The van der Waals surface area contributed by atoms with E-state index in [1.54, 1.807) is 0 Å². The number of nitrogens with zero attached hydrogens (tertiary/aromatic N) is 1. The lowest BCUT2D eigenvalue weighted by atomic mass is 10.1. The van der Waals surface area contributed by atoms with Crippen LogP contribution in [0.4, 0.5) is 11.6 Å². The number of nitrogens with one attached hydrogen (secondary N) is 2. The molecule has 4 nitrogen and oxygen atoms in total. The van der Waals surface area contributed by atoms with Crippen LogP contribution in [0.1, 0.15) is 30.7 Å². The number of aryl methyl sites for hydroxylation is 2. The molecule has 2 rings (SSSR count). The smallest absolute Gasteiger partial charge is 0.255 e. The molecule has 0 radical (unpaired) electrons. The predicted molar refractivity (Wildman–Crippen MR) is 78.1 cm³/mol. The summed E-state index contributed by atoms with van der Waals surface area (Å²) in [6.07, 6.45) is 1.71. The molecule has 2 aromatic rings. The highest BCUT2D eigenvalue weighted by Gasteiger charge is 2.06. The molecule has 0 saturated carbocycles. The van der Waals surface area contributed by atoms with E-state index in [0.29, 0.717) is 12.4 Å². The largest absolute Gasteiger partial charge is 0.326 e. The molecule has 0 spiro atoms. The molecule has 0 amide bonds. The van der Waals surface area contributed by atoms with Crippen molar-refractivity contribution >= 4 is 11.6 Å². The van der Waals surface area contributed by atoms with Gasteiger partial charge in [-0.05, 0) is 37.5 Å². The van der Waals surface area contributed by atoms with Crippen LogP contribution in [-0.4, -0.2) is 9.97 Å². The lowest BCUT2D eigenvalue weighted by molar-refractivity contribution is 0.967. The maximum Gasteiger partial charge on any atom is 0.255 e. The number of hydrogen-bond donors (Lipinski definition) is 2. The fourth-order valence-corrected chi connectivity index (χ4v) is 2.05. The summed E-state index contributed by atoms with van der Waals surface area (Å²) in [5, 5.41) is 3.12. The van der Waals surface area contributed by atoms with E-state index >= 15 is 0 Å². The molecule has 0 atom stereocenters. The Morgan fingerprint density at radius 3 is 2.37 bits per heavy atom. The van der Waals surface area contributed by atoms with Crippen molar-refractivity contribution in [3.8, 4) is 0 Å². The summed E-state index contributed by atoms with van der Waals surface area (Å²) in [6, 6.07) is 8.10. The first-order valence-corrected chi connectivity index (χ1v) is 6.59. The van der Waals surface area contributed by atoms with Gasteiger partial charge in [0, 0.05) is 16.9 Å². The van der Waals surface area contributed by atoms with E-state index in [4.69, 9.17) is 0 Å². The highest BCUT2D eigenvalue weighted by molar-refractivity contribution is 5.53. The normalized spacial score (nSPS) is 10.5. The van der Waals surface area contributed by atoms with Gasteiger partial charge in [0.25, 0.3) is 5.56 Å². The summed E-state index contributed by atoms with van der Waals surface area (Å²) in [6.45, 7) is 5.93. The van der Waals surface area contributed by atoms with E-state index < -0.39 is 0 Å². The molecule has 1 aromatic carbocycles. The molecule has 19 heavy (non-hydrogen) atoms. The molecular formula is C15H19N3O. The molecule has 100 valence electrons. The molecule has 1 aromatic heterocycles. The number of benzene rings is 1. The highest BCUT2D eigenvalue weighted by atomic mass is 16.1. The molecule has 0 saturated heterocycles. The molecule has 2 N–H and O–H groups in total. The molecule has 0 fully saturated rings. The Morgan fingerprint density at radius 2 is 1.84 bits per heavy atom. The van der Waals surface area contributed by atoms with Gasteiger partial charge in [0.05, 0.1) is 0 Å². The first-order chi connectivity index (χ1) is 9.13. The number of hydrogen-bond acceptors (Lipinski definition) is 3. The third-order valence-electron chi connectivity index (χ3n) is 3.20. The maximum absolute atomic E-state index is 11.8. The van der Waals surface area contributed by atoms with Crippen molar-refractivity contribution in [2.24, 2.45) is 0 Å². The lowest BCUT2D eigenvalue weighted by Crippen LogP contribution is -2.17. The van der Waals surface area contributed by atoms with Crippen LogP contribution in [0.3, 0.4) is 0 Å². The number of H-pyrrole nitrogens is 1. The van der Waals surface area contributed by atoms with Crippen molar-refractivity contribution in [1.82, 2.24) is 9.97 Å². The average Bonchev–Trinajstić information content (AvgIpc) is 2.39. The highest BCUT2D eigenvalue weighted by Crippen LogP contribution is 2.14. The SMILES string of the molecule is CCc1ccc(Nc2nc(C)c(CC)c(=O)[nH]2)cc1. The zero-order valence-electron chi connectivity index (χ0n) is 11.6. The van der Waals surface area contributed by atoms with Crippen molar-refractivity contribution in [2.75, 3.05) is 5.32 Å². The molecule has 0 aliphatic rings. The van der Waals surface area contributed by atoms with Gasteiger partial charge in [-0.25, -0.2) is 4.98 Å². The minimum atomic E-state index is -0.0670. The quantitative estimate of drug-likeness (QED) is 0.885. The van der Waals surface area contributed by atoms with Gasteiger partial charge >= 0.3 is 0 Å². The second kappa shape index (κ2) is 5.69. The standard InChI is InChI=1S/C15H19N3O/c1-4-11-6-8-12(9-7-11)17-15-16-10(3)13(5-2)14(19)18-15/h6-9H,4-5H2,1-3H3,(H2,16,17,18,19). The summed E-state index contributed by atoms with van der Waals surface area (Å²) in [5.41, 5.74) is 3.65. The van der Waals surface area contributed by atoms with Crippen molar-refractivity contribution in [1.29, 1.82) is 0 Å². The van der Waals surface area contributed by atoms with Crippen LogP contribution >= 0.6 is 0 Å². The summed E-state index contributed by atoms with van der Waals surface area (Å²) in [7, 11) is 0. The van der Waals surface area contributed by atoms with Gasteiger partial charge < -0.3 is 5.32 Å². The summed E-state index contributed by atoms with van der Waals surface area (Å²) >= 11 is 0. The predicted octanol–water partition coefficient (Wildman–Crippen LogP) is 2.95. The first-order valence-electron chi connectivity index (χ1n) is 6.59. The lowest BCUT2D eigenvalue weighted by Gasteiger charge is -2.08. The first kappa shape index (κ1) is 13.3. The summed E-state index contributed by atoms with van der Waals surface area (Å²) in [4.78, 5) is 19.0. The fourth-order valence-electron chi connectivity index (χ4n) is 2.05. The molecular weight excluding hydrogens is 238 g/mol. The van der Waals surface area contributed by atoms with Crippen molar-refractivity contribution in [2.45, 2.75) is 33.6 Å². The van der Waals surface area contributed by atoms with Crippen molar-refractivity contribution < 1.29 is 0 Å². The minimum Gasteiger partial charge on any atom is -0.326 e. The Kier molecular flexibility index (Phi) is 4.00. The number of anilines is 2. The number of rotatable bonds is 4. The van der Waals surface area contributed by atoms with Gasteiger partial charge in [-0.3, -0.25) is 9.78 Å². The second-order valence-corrected chi connectivity index (χ2v) is 4.51. The Bertz CT molecular complexity index is 614. The van der Waals surface area contributed by atoms with Gasteiger partial charge in [-0.2, -0.15) is 0 Å². The third-order valence-corrected chi connectivity index (χ3v) is 3.20. The average molecular weight is 257 g/mol. The van der Waals surface area contributed by atoms with E-state index in [9.17, 15) is 4.79 Å². The zero-order valence-corrected chi connectivity index (χ0v) is 11.6. The Hall–Kier alpha value is -2.10. The van der Waals surface area contributed by atoms with E-state index in [2.05, 4.69) is 34.3 Å². The van der Waals surface area contributed by atoms with Crippen LogP contribution in [0.25, 0.3) is 0 Å². The van der Waals surface area contributed by atoms with Crippen LogP contribution in [0.2, 0.25) is 0 Å². The molecule has 1 heterocycles. The van der Waals surface area contributed by atoms with Crippen LogP contribution in [0.15, 0.2) is 29.1 Å². The van der Waals surface area contributed by atoms with Gasteiger partial charge in [-0.15, -0.1) is 0 Å². The van der Waals surface area contributed by atoms with E-state index in [0.717, 1.165) is 23.4 Å². The Labute approximate surface area is 112 Å². The van der Waals surface area contributed by atoms with E-state index in [1.165, 1.54) is 5.56 Å². The Balaban J connectivity index is 2.25. The number of aromatic nitrogens is 2.